The van der Waals surface area contributed by atoms with Gasteiger partial charge in [-0.15, -0.1) is 0 Å². The van der Waals surface area contributed by atoms with Crippen LogP contribution in [-0.2, 0) is 4.79 Å². The second kappa shape index (κ2) is 9.71. The first-order valence-electron chi connectivity index (χ1n) is 13.1. The van der Waals surface area contributed by atoms with Crippen LogP contribution in [0.25, 0.3) is 0 Å². The molecule has 3 fully saturated rings. The Morgan fingerprint density at radius 1 is 1.06 bits per heavy atom. The normalized spacial score (nSPS) is 40.7. The van der Waals surface area contributed by atoms with Gasteiger partial charge in [0, 0.05) is 6.42 Å². The minimum Gasteiger partial charge on any atom is -0.481 e. The van der Waals surface area contributed by atoms with E-state index in [2.05, 4.69) is 34.6 Å². The van der Waals surface area contributed by atoms with Gasteiger partial charge in [0.1, 0.15) is 0 Å². The highest BCUT2D eigenvalue weighted by Crippen LogP contribution is 2.61. The van der Waals surface area contributed by atoms with Gasteiger partial charge in [-0.2, -0.15) is 0 Å². The highest BCUT2D eigenvalue weighted by molar-refractivity contribution is 5.66. The van der Waals surface area contributed by atoms with Gasteiger partial charge >= 0.3 is 5.97 Å². The zero-order valence-electron chi connectivity index (χ0n) is 20.6. The van der Waals surface area contributed by atoms with Gasteiger partial charge in [0.2, 0.25) is 0 Å². The molecule has 0 amide bonds. The summed E-state index contributed by atoms with van der Waals surface area (Å²) in [5.41, 5.74) is 0.393. The van der Waals surface area contributed by atoms with E-state index in [0.717, 1.165) is 38.5 Å². The fourth-order valence-electron chi connectivity index (χ4n) is 8.47. The largest absolute Gasteiger partial charge is 0.481 e. The second-order valence-corrected chi connectivity index (χ2v) is 12.3. The molecule has 4 heteroatoms. The third-order valence-electron chi connectivity index (χ3n) is 10.3. The van der Waals surface area contributed by atoms with Crippen molar-refractivity contribution in [1.82, 2.24) is 0 Å². The maximum atomic E-state index is 11.8. The smallest absolute Gasteiger partial charge is 0.303 e. The summed E-state index contributed by atoms with van der Waals surface area (Å²) in [7, 11) is 0. The molecule has 180 valence electrons. The van der Waals surface area contributed by atoms with E-state index in [9.17, 15) is 15.0 Å². The lowest BCUT2D eigenvalue weighted by atomic mass is 9.55. The number of hydrogen-bond donors (Lipinski definition) is 3. The van der Waals surface area contributed by atoms with Crippen molar-refractivity contribution in [2.45, 2.75) is 117 Å². The van der Waals surface area contributed by atoms with E-state index in [1.165, 1.54) is 25.7 Å². The van der Waals surface area contributed by atoms with Gasteiger partial charge in [-0.3, -0.25) is 4.79 Å². The Hall–Kier alpha value is -0.610. The first-order chi connectivity index (χ1) is 14.5. The van der Waals surface area contributed by atoms with Crippen LogP contribution in [0.4, 0.5) is 0 Å². The molecule has 0 heterocycles. The molecule has 3 aliphatic carbocycles. The molecule has 9 atom stereocenters. The number of carboxylic acids is 1. The number of fused-ring (bicyclic) bond motifs is 1. The van der Waals surface area contributed by atoms with Crippen molar-refractivity contribution in [3.63, 3.8) is 0 Å². The maximum Gasteiger partial charge on any atom is 0.303 e. The molecule has 4 nitrogen and oxygen atoms in total. The third kappa shape index (κ3) is 5.00. The molecule has 3 rings (SSSR count). The Morgan fingerprint density at radius 3 is 2.42 bits per heavy atom. The van der Waals surface area contributed by atoms with Gasteiger partial charge in [0.25, 0.3) is 0 Å². The van der Waals surface area contributed by atoms with Crippen LogP contribution in [-0.4, -0.2) is 33.5 Å². The van der Waals surface area contributed by atoms with Crippen molar-refractivity contribution in [2.24, 2.45) is 46.3 Å². The highest BCUT2D eigenvalue weighted by atomic mass is 16.4. The van der Waals surface area contributed by atoms with Gasteiger partial charge in [-0.05, 0) is 97.7 Å². The van der Waals surface area contributed by atoms with E-state index in [0.29, 0.717) is 29.6 Å². The molecule has 0 radical (unpaired) electrons. The summed E-state index contributed by atoms with van der Waals surface area (Å²) in [6.45, 7) is 11.6. The number of hydrogen-bond acceptors (Lipinski definition) is 3. The average molecular weight is 437 g/mol. The summed E-state index contributed by atoms with van der Waals surface area (Å²) in [6.07, 6.45) is 10.1. The Morgan fingerprint density at radius 2 is 1.77 bits per heavy atom. The van der Waals surface area contributed by atoms with Gasteiger partial charge in [0.15, 0.2) is 0 Å². The molecule has 0 saturated heterocycles. The van der Waals surface area contributed by atoms with E-state index in [1.54, 1.807) is 0 Å². The van der Waals surface area contributed by atoms with Crippen LogP contribution in [0.1, 0.15) is 105 Å². The minimum absolute atomic E-state index is 0.169. The van der Waals surface area contributed by atoms with E-state index in [4.69, 9.17) is 5.11 Å². The molecule has 0 aromatic heterocycles. The molecule has 0 aromatic carbocycles. The quantitative estimate of drug-likeness (QED) is 0.443. The van der Waals surface area contributed by atoms with Crippen molar-refractivity contribution < 1.29 is 20.1 Å². The summed E-state index contributed by atoms with van der Waals surface area (Å²) in [6, 6.07) is 0. The van der Waals surface area contributed by atoms with Crippen LogP contribution in [0, 0.1) is 46.3 Å². The molecule has 0 aliphatic heterocycles. The molecule has 0 aromatic rings. The summed E-state index contributed by atoms with van der Waals surface area (Å²) in [5, 5.41) is 31.3. The van der Waals surface area contributed by atoms with Crippen LogP contribution >= 0.6 is 0 Å². The number of carboxylic acid groups (broad SMARTS) is 1. The van der Waals surface area contributed by atoms with Gasteiger partial charge in [0.05, 0.1) is 12.2 Å². The fourth-order valence-corrected chi connectivity index (χ4v) is 8.47. The molecular formula is C27H48O4. The lowest BCUT2D eigenvalue weighted by molar-refractivity contribution is -0.137. The predicted molar refractivity (Wildman–Crippen MR) is 125 cm³/mol. The van der Waals surface area contributed by atoms with Crippen LogP contribution in [0.15, 0.2) is 0 Å². The molecule has 3 N–H and O–H groups in total. The second-order valence-electron chi connectivity index (χ2n) is 12.3. The number of aliphatic carboxylic acids is 1. The van der Waals surface area contributed by atoms with E-state index < -0.39 is 5.97 Å². The van der Waals surface area contributed by atoms with E-state index >= 15 is 0 Å². The van der Waals surface area contributed by atoms with E-state index in [1.807, 2.05) is 0 Å². The number of carbonyl (C=O) groups is 1. The average Bonchev–Trinajstić information content (AvgIpc) is 3.06. The van der Waals surface area contributed by atoms with Gasteiger partial charge in [-0.1, -0.05) is 47.5 Å². The Bertz CT molecular complexity index is 616. The highest BCUT2D eigenvalue weighted by Gasteiger charge is 2.55. The summed E-state index contributed by atoms with van der Waals surface area (Å²) in [5.74, 6) is 1.81. The maximum absolute atomic E-state index is 11.8. The first-order valence-corrected chi connectivity index (χ1v) is 13.1. The number of aliphatic hydroxyl groups is 2. The first kappa shape index (κ1) is 25.0. The topological polar surface area (TPSA) is 77.8 Å². The standard InChI is InChI=1S/C27H48O4/c1-6-19(23-16-18(28)13-15-26(23,3)4)25(31)20-8-7-14-27(5)21(10-11-22(20)27)17(2)9-12-24(29)30/h17-23,25,28,31H,6-16H2,1-5H3,(H,29,30)/t17?,18-,19-,20-,21-,22+,23+,25-,27-/m1/s1. The molecule has 0 bridgehead atoms. The molecule has 3 saturated carbocycles. The minimum atomic E-state index is -0.688. The lowest BCUT2D eigenvalue weighted by Crippen LogP contribution is -2.49. The molecule has 3 aliphatic rings. The Kier molecular flexibility index (Phi) is 7.84. The van der Waals surface area contributed by atoms with Crippen molar-refractivity contribution >= 4 is 5.97 Å². The Balaban J connectivity index is 1.77. The number of aliphatic hydroxyl groups excluding tert-OH is 2. The van der Waals surface area contributed by atoms with Gasteiger partial charge < -0.3 is 15.3 Å². The molecular weight excluding hydrogens is 388 g/mol. The number of rotatable bonds is 8. The van der Waals surface area contributed by atoms with Crippen molar-refractivity contribution in [3.05, 3.63) is 0 Å². The van der Waals surface area contributed by atoms with Crippen molar-refractivity contribution in [3.8, 4) is 0 Å². The van der Waals surface area contributed by atoms with E-state index in [-0.39, 0.29) is 35.4 Å². The van der Waals surface area contributed by atoms with Crippen molar-refractivity contribution in [2.75, 3.05) is 0 Å². The zero-order valence-corrected chi connectivity index (χ0v) is 20.6. The van der Waals surface area contributed by atoms with Crippen molar-refractivity contribution in [1.29, 1.82) is 0 Å². The Labute approximate surface area is 190 Å². The molecule has 31 heavy (non-hydrogen) atoms. The monoisotopic (exact) mass is 436 g/mol. The van der Waals surface area contributed by atoms with Crippen LogP contribution in [0.5, 0.6) is 0 Å². The fraction of sp³-hybridized carbons (Fsp3) is 0.963. The summed E-state index contributed by atoms with van der Waals surface area (Å²) in [4.78, 5) is 11.1. The van der Waals surface area contributed by atoms with Crippen LogP contribution in [0.2, 0.25) is 0 Å². The summed E-state index contributed by atoms with van der Waals surface area (Å²) >= 11 is 0. The van der Waals surface area contributed by atoms with Gasteiger partial charge in [-0.25, -0.2) is 0 Å². The molecule has 1 unspecified atom stereocenters. The summed E-state index contributed by atoms with van der Waals surface area (Å²) < 4.78 is 0. The SMILES string of the molecule is CC[C@@H]([C@@H](O)[C@@H]1CCC[C@]2(C)[C@@H](C(C)CCC(=O)O)CC[C@@H]12)[C@@H]1C[C@H](O)CCC1(C)C. The van der Waals surface area contributed by atoms with Crippen LogP contribution in [0.3, 0.4) is 0 Å². The predicted octanol–water partition coefficient (Wildman–Crippen LogP) is 5.89. The third-order valence-corrected chi connectivity index (χ3v) is 10.3. The van der Waals surface area contributed by atoms with Crippen LogP contribution < -0.4 is 0 Å². The zero-order chi connectivity index (χ0) is 23.0. The molecule has 0 spiro atoms. The lowest BCUT2D eigenvalue weighted by Gasteiger charge is -2.52.